The number of fused-ring (bicyclic) bond motifs is 1. The van der Waals surface area contributed by atoms with Crippen LogP contribution in [0.15, 0.2) is 52.9 Å². The minimum absolute atomic E-state index is 0.200. The number of hydrogen-bond acceptors (Lipinski definition) is 5. The van der Waals surface area contributed by atoms with Crippen LogP contribution in [0.4, 0.5) is 4.39 Å². The van der Waals surface area contributed by atoms with Gasteiger partial charge < -0.3 is 4.74 Å². The molecule has 0 amide bonds. The van der Waals surface area contributed by atoms with Crippen LogP contribution in [-0.4, -0.2) is 16.7 Å². The Balaban J connectivity index is 1.55. The van der Waals surface area contributed by atoms with Crippen molar-refractivity contribution in [3.8, 4) is 0 Å². The normalized spacial score (nSPS) is 12.3. The van der Waals surface area contributed by atoms with Gasteiger partial charge in [0.05, 0.1) is 16.0 Å². The summed E-state index contributed by atoms with van der Waals surface area (Å²) in [6.07, 6.45) is -0.404. The van der Waals surface area contributed by atoms with Gasteiger partial charge in [0.25, 0.3) is 0 Å². The summed E-state index contributed by atoms with van der Waals surface area (Å²) in [6.45, 7) is 1.77. The Kier molecular flexibility index (Phi) is 4.93. The van der Waals surface area contributed by atoms with E-state index in [1.807, 2.05) is 24.3 Å². The van der Waals surface area contributed by atoms with E-state index in [1.54, 1.807) is 30.4 Å². The number of halogens is 1. The molecule has 2 aromatic carbocycles. The van der Waals surface area contributed by atoms with Crippen molar-refractivity contribution >= 4 is 39.3 Å². The van der Waals surface area contributed by atoms with E-state index in [9.17, 15) is 9.18 Å². The standard InChI is InChI=1S/C17H14FNO2S2/c1-11(12-6-8-13(18)9-7-12)21-16(20)10-22-17-19-14-4-2-3-5-15(14)23-17/h2-9,11H,10H2,1H3/t11-/m1/s1. The van der Waals surface area contributed by atoms with Crippen LogP contribution in [0.25, 0.3) is 10.2 Å². The lowest BCUT2D eigenvalue weighted by molar-refractivity contribution is -0.145. The molecule has 0 aliphatic heterocycles. The number of benzene rings is 2. The Hall–Kier alpha value is -1.92. The zero-order valence-electron chi connectivity index (χ0n) is 12.4. The van der Waals surface area contributed by atoms with E-state index >= 15 is 0 Å². The first-order chi connectivity index (χ1) is 11.1. The summed E-state index contributed by atoms with van der Waals surface area (Å²) < 4.78 is 20.2. The lowest BCUT2D eigenvalue weighted by atomic mass is 10.1. The van der Waals surface area contributed by atoms with E-state index < -0.39 is 6.10 Å². The zero-order chi connectivity index (χ0) is 16.2. The third kappa shape index (κ3) is 4.09. The van der Waals surface area contributed by atoms with E-state index in [1.165, 1.54) is 23.9 Å². The molecule has 1 aromatic heterocycles. The highest BCUT2D eigenvalue weighted by atomic mass is 32.2. The van der Waals surface area contributed by atoms with Gasteiger partial charge >= 0.3 is 5.97 Å². The molecule has 0 aliphatic rings. The largest absolute Gasteiger partial charge is 0.457 e. The van der Waals surface area contributed by atoms with Gasteiger partial charge in [-0.3, -0.25) is 4.79 Å². The lowest BCUT2D eigenvalue weighted by Gasteiger charge is -2.13. The summed E-state index contributed by atoms with van der Waals surface area (Å²) in [5.74, 6) is -0.421. The summed E-state index contributed by atoms with van der Waals surface area (Å²) in [6, 6.07) is 13.8. The van der Waals surface area contributed by atoms with E-state index in [4.69, 9.17) is 4.74 Å². The lowest BCUT2D eigenvalue weighted by Crippen LogP contribution is -2.11. The molecule has 0 aliphatic carbocycles. The Morgan fingerprint density at radius 2 is 2.00 bits per heavy atom. The molecule has 1 heterocycles. The summed E-state index contributed by atoms with van der Waals surface area (Å²) in [5.41, 5.74) is 1.71. The maximum absolute atomic E-state index is 12.9. The number of thioether (sulfide) groups is 1. The summed E-state index contributed by atoms with van der Waals surface area (Å²) in [7, 11) is 0. The van der Waals surface area contributed by atoms with Gasteiger partial charge in [0.1, 0.15) is 11.9 Å². The first kappa shape index (κ1) is 16.0. The number of hydrogen-bond donors (Lipinski definition) is 0. The highest BCUT2D eigenvalue weighted by Crippen LogP contribution is 2.29. The smallest absolute Gasteiger partial charge is 0.316 e. The fourth-order valence-corrected chi connectivity index (χ4v) is 3.92. The van der Waals surface area contributed by atoms with Gasteiger partial charge in [0.15, 0.2) is 4.34 Å². The maximum atomic E-state index is 12.9. The molecule has 1 atom stereocenters. The van der Waals surface area contributed by atoms with Crippen LogP contribution in [0.2, 0.25) is 0 Å². The van der Waals surface area contributed by atoms with Crippen molar-refractivity contribution in [2.45, 2.75) is 17.4 Å². The molecule has 0 radical (unpaired) electrons. The van der Waals surface area contributed by atoms with Crippen molar-refractivity contribution in [3.63, 3.8) is 0 Å². The second kappa shape index (κ2) is 7.10. The van der Waals surface area contributed by atoms with Gasteiger partial charge in [-0.25, -0.2) is 9.37 Å². The number of carbonyl (C=O) groups excluding carboxylic acids is 1. The number of aromatic nitrogens is 1. The van der Waals surface area contributed by atoms with Crippen molar-refractivity contribution < 1.29 is 13.9 Å². The number of ether oxygens (including phenoxy) is 1. The third-order valence-corrected chi connectivity index (χ3v) is 5.39. The summed E-state index contributed by atoms with van der Waals surface area (Å²) >= 11 is 2.93. The molecule has 0 bridgehead atoms. The molecule has 0 saturated carbocycles. The molecular formula is C17H14FNO2S2. The van der Waals surface area contributed by atoms with Crippen molar-refractivity contribution in [1.29, 1.82) is 0 Å². The highest BCUT2D eigenvalue weighted by molar-refractivity contribution is 8.01. The molecule has 23 heavy (non-hydrogen) atoms. The first-order valence-electron chi connectivity index (χ1n) is 7.05. The van der Waals surface area contributed by atoms with Gasteiger partial charge in [-0.05, 0) is 36.8 Å². The first-order valence-corrected chi connectivity index (χ1v) is 8.85. The average molecular weight is 347 g/mol. The van der Waals surface area contributed by atoms with Gasteiger partial charge in [-0.15, -0.1) is 11.3 Å². The van der Waals surface area contributed by atoms with Crippen molar-refractivity contribution in [2.75, 3.05) is 5.75 Å². The Bertz CT molecular complexity index is 784. The topological polar surface area (TPSA) is 39.2 Å². The number of para-hydroxylation sites is 1. The second-order valence-corrected chi connectivity index (χ2v) is 7.17. The molecule has 0 spiro atoms. The number of thiazole rings is 1. The van der Waals surface area contributed by atoms with E-state index in [0.717, 1.165) is 20.1 Å². The Labute approximate surface area is 141 Å². The molecule has 6 heteroatoms. The zero-order valence-corrected chi connectivity index (χ0v) is 14.0. The molecule has 3 rings (SSSR count). The highest BCUT2D eigenvalue weighted by Gasteiger charge is 2.13. The SMILES string of the molecule is C[C@@H](OC(=O)CSc1nc2ccccc2s1)c1ccc(F)cc1. The average Bonchev–Trinajstić information content (AvgIpc) is 2.96. The number of nitrogens with zero attached hydrogens (tertiary/aromatic N) is 1. The summed E-state index contributed by atoms with van der Waals surface area (Å²) in [4.78, 5) is 16.4. The van der Waals surface area contributed by atoms with Crippen molar-refractivity contribution in [3.05, 3.63) is 59.9 Å². The number of rotatable bonds is 5. The summed E-state index contributed by atoms with van der Waals surface area (Å²) in [5, 5.41) is 0. The fraction of sp³-hybridized carbons (Fsp3) is 0.176. The number of esters is 1. The Morgan fingerprint density at radius 3 is 2.74 bits per heavy atom. The molecule has 3 aromatic rings. The van der Waals surface area contributed by atoms with Crippen LogP contribution in [-0.2, 0) is 9.53 Å². The van der Waals surface area contributed by atoms with Gasteiger partial charge in [0, 0.05) is 0 Å². The molecule has 118 valence electrons. The van der Waals surface area contributed by atoms with Gasteiger partial charge in [-0.1, -0.05) is 36.0 Å². The molecule has 0 unspecified atom stereocenters. The molecule has 3 nitrogen and oxygen atoms in total. The third-order valence-electron chi connectivity index (χ3n) is 3.24. The van der Waals surface area contributed by atoms with Gasteiger partial charge in [-0.2, -0.15) is 0 Å². The fourth-order valence-electron chi connectivity index (χ4n) is 2.07. The van der Waals surface area contributed by atoms with Crippen molar-refractivity contribution in [2.24, 2.45) is 0 Å². The van der Waals surface area contributed by atoms with Crippen molar-refractivity contribution in [1.82, 2.24) is 4.98 Å². The molecule has 0 fully saturated rings. The minimum atomic E-state index is -0.404. The predicted octanol–water partition coefficient (Wildman–Crippen LogP) is 4.83. The van der Waals surface area contributed by atoms with Crippen LogP contribution >= 0.6 is 23.1 Å². The van der Waals surface area contributed by atoms with E-state index in [-0.39, 0.29) is 17.5 Å². The molecule has 0 N–H and O–H groups in total. The van der Waals surface area contributed by atoms with E-state index in [0.29, 0.717) is 0 Å². The molecular weight excluding hydrogens is 333 g/mol. The molecule has 0 saturated heterocycles. The minimum Gasteiger partial charge on any atom is -0.457 e. The van der Waals surface area contributed by atoms with Crippen LogP contribution in [0.5, 0.6) is 0 Å². The Morgan fingerprint density at radius 1 is 1.26 bits per heavy atom. The van der Waals surface area contributed by atoms with Crippen LogP contribution in [0.1, 0.15) is 18.6 Å². The van der Waals surface area contributed by atoms with Crippen LogP contribution in [0, 0.1) is 5.82 Å². The number of carbonyl (C=O) groups is 1. The maximum Gasteiger partial charge on any atom is 0.316 e. The van der Waals surface area contributed by atoms with E-state index in [2.05, 4.69) is 4.98 Å². The second-order valence-electron chi connectivity index (χ2n) is 4.92. The predicted molar refractivity (Wildman–Crippen MR) is 91.3 cm³/mol. The van der Waals surface area contributed by atoms with Gasteiger partial charge in [0.2, 0.25) is 0 Å². The van der Waals surface area contributed by atoms with Crippen LogP contribution < -0.4 is 0 Å². The quantitative estimate of drug-likeness (QED) is 0.489. The monoisotopic (exact) mass is 347 g/mol. The van der Waals surface area contributed by atoms with Crippen LogP contribution in [0.3, 0.4) is 0 Å².